The maximum Gasteiger partial charge on any atom is 0.315 e. The van der Waals surface area contributed by atoms with Crippen LogP contribution in [0.4, 0.5) is 4.79 Å². The maximum absolute atomic E-state index is 12.6. The summed E-state index contributed by atoms with van der Waals surface area (Å²) in [5.41, 5.74) is 5.41. The number of carbonyl (C=O) groups is 4. The molecule has 0 radical (unpaired) electrons. The fourth-order valence-electron chi connectivity index (χ4n) is 7.15. The molecular weight excluding hydrogens is 711 g/mol. The van der Waals surface area contributed by atoms with Gasteiger partial charge in [-0.05, 0) is 65.1 Å². The largest absolute Gasteiger partial charge is 0.377 e. The highest BCUT2D eigenvalue weighted by Crippen LogP contribution is 2.33. The first-order valence-corrected chi connectivity index (χ1v) is 21.8. The number of primary amides is 1. The molecule has 296 valence electrons. The first-order chi connectivity index (χ1) is 25.0. The van der Waals surface area contributed by atoms with Crippen molar-refractivity contribution in [1.82, 2.24) is 30.7 Å². The summed E-state index contributed by atoms with van der Waals surface area (Å²) in [4.78, 5) is 53.9. The summed E-state index contributed by atoms with van der Waals surface area (Å²) in [6, 6.07) is 0.351. The van der Waals surface area contributed by atoms with E-state index in [1.54, 1.807) is 6.08 Å². The average molecular weight is 772 g/mol. The number of amides is 5. The van der Waals surface area contributed by atoms with Gasteiger partial charge in [0.15, 0.2) is 9.84 Å². The molecule has 0 bridgehead atoms. The van der Waals surface area contributed by atoms with Crippen molar-refractivity contribution in [3.63, 3.8) is 0 Å². The maximum atomic E-state index is 12.6. The van der Waals surface area contributed by atoms with Gasteiger partial charge in [0.2, 0.25) is 17.7 Å². The Bertz CT molecular complexity index is 1290. The van der Waals surface area contributed by atoms with Gasteiger partial charge in [-0.1, -0.05) is 18.9 Å². The molecule has 0 saturated carbocycles. The second-order valence-electron chi connectivity index (χ2n) is 14.3. The molecule has 0 aliphatic carbocycles. The number of fused-ring (bicyclic) bond motifs is 1. The van der Waals surface area contributed by atoms with E-state index in [0.717, 1.165) is 70.6 Å². The number of piperazine rings is 1. The summed E-state index contributed by atoms with van der Waals surface area (Å²) in [6.07, 6.45) is 8.76. The van der Waals surface area contributed by atoms with Crippen LogP contribution >= 0.6 is 11.8 Å². The summed E-state index contributed by atoms with van der Waals surface area (Å²) in [5, 5.41) is 10.6. The van der Waals surface area contributed by atoms with Crippen molar-refractivity contribution in [1.29, 1.82) is 0 Å². The lowest BCUT2D eigenvalue weighted by Gasteiger charge is -2.34. The molecule has 5 amide bonds. The number of ether oxygens (including phenoxy) is 2. The van der Waals surface area contributed by atoms with Crippen molar-refractivity contribution >= 4 is 45.4 Å². The fraction of sp³-hybridized carbons (Fsp3) is 0.829. The third kappa shape index (κ3) is 14.8. The van der Waals surface area contributed by atoms with Crippen molar-refractivity contribution in [2.75, 3.05) is 90.3 Å². The van der Waals surface area contributed by atoms with Crippen LogP contribution in [0.3, 0.4) is 0 Å². The Labute approximate surface area is 313 Å². The van der Waals surface area contributed by atoms with Gasteiger partial charge in [0.05, 0.1) is 37.7 Å². The second kappa shape index (κ2) is 22.1. The number of likely N-dealkylation sites (tertiary alicyclic amines) is 1. The third-order valence-corrected chi connectivity index (χ3v) is 13.4. The predicted molar refractivity (Wildman–Crippen MR) is 201 cm³/mol. The molecule has 0 aromatic heterocycles. The van der Waals surface area contributed by atoms with Crippen molar-refractivity contribution in [2.24, 2.45) is 11.7 Å². The topological polar surface area (TPSA) is 193 Å². The molecule has 4 heterocycles. The molecule has 4 rings (SSSR count). The van der Waals surface area contributed by atoms with Crippen LogP contribution in [0.25, 0.3) is 0 Å². The van der Waals surface area contributed by atoms with Gasteiger partial charge in [0.25, 0.3) is 0 Å². The van der Waals surface area contributed by atoms with Crippen LogP contribution < -0.4 is 21.7 Å². The molecule has 4 aliphatic heterocycles. The smallest absolute Gasteiger partial charge is 0.315 e. The highest BCUT2D eigenvalue weighted by molar-refractivity contribution is 8.00. The molecule has 52 heavy (non-hydrogen) atoms. The number of piperidine rings is 1. The fourth-order valence-corrected chi connectivity index (χ4v) is 9.90. The molecule has 0 aromatic carbocycles. The van der Waals surface area contributed by atoms with Crippen LogP contribution in [0.2, 0.25) is 0 Å². The number of unbranched alkanes of at least 4 members (excludes halogenated alkanes) is 3. The zero-order valence-electron chi connectivity index (χ0n) is 30.8. The Morgan fingerprint density at radius 3 is 2.48 bits per heavy atom. The molecule has 15 nitrogen and oxygen atoms in total. The number of nitrogens with one attached hydrogen (secondary N) is 3. The lowest BCUT2D eigenvalue weighted by Crippen LogP contribution is -2.49. The van der Waals surface area contributed by atoms with Gasteiger partial charge in [-0.25, -0.2) is 13.2 Å². The van der Waals surface area contributed by atoms with Crippen molar-refractivity contribution in [2.45, 2.75) is 88.1 Å². The zero-order valence-corrected chi connectivity index (χ0v) is 32.4. The number of urea groups is 1. The van der Waals surface area contributed by atoms with Crippen molar-refractivity contribution in [3.05, 3.63) is 11.5 Å². The van der Waals surface area contributed by atoms with E-state index in [4.69, 9.17) is 15.2 Å². The lowest BCUT2D eigenvalue weighted by molar-refractivity contribution is -0.138. The summed E-state index contributed by atoms with van der Waals surface area (Å²) in [5.74, 6) is 0.714. The molecule has 0 spiro atoms. The molecule has 0 aromatic rings. The average Bonchev–Trinajstić information content (AvgIpc) is 3.69. The molecule has 4 fully saturated rings. The number of thioether (sulfide) groups is 1. The molecule has 17 heteroatoms. The van der Waals surface area contributed by atoms with Gasteiger partial charge >= 0.3 is 6.03 Å². The van der Waals surface area contributed by atoms with E-state index in [-0.39, 0.29) is 60.2 Å². The Morgan fingerprint density at radius 2 is 1.73 bits per heavy atom. The van der Waals surface area contributed by atoms with Gasteiger partial charge in [-0.2, -0.15) is 11.8 Å². The minimum atomic E-state index is -3.27. The number of hydrogen-bond acceptors (Lipinski definition) is 11. The molecule has 0 unspecified atom stereocenters. The standard InChI is InChI=1S/C35H61N7O8S2/c1-27(41-14-9-28(10-15-41)34(36)45)11-24-52(47,48)23-6-2-5-13-40-16-18-42(19-17-40)32(44)25-50-22-21-49-20-12-37-31(43)8-4-3-7-30-33-29(26-51-30)38-35(46)39-33/h11,24,27-30,33H,2-10,12-23,25-26H2,1H3,(H2,36,45)(H,37,43)(H2,38,39,46)/b24-11-/t27-,29+,30+,33+/m1/s1. The lowest BCUT2D eigenvalue weighted by atomic mass is 9.95. The van der Waals surface area contributed by atoms with Gasteiger partial charge in [-0.15, -0.1) is 0 Å². The number of nitrogens with zero attached hydrogens (tertiary/aromatic N) is 3. The van der Waals surface area contributed by atoms with Crippen molar-refractivity contribution in [3.8, 4) is 0 Å². The first-order valence-electron chi connectivity index (χ1n) is 19.1. The number of nitrogens with two attached hydrogens (primary N) is 1. The van der Waals surface area contributed by atoms with Gasteiger partial charge in [-0.3, -0.25) is 24.2 Å². The second-order valence-corrected chi connectivity index (χ2v) is 17.6. The van der Waals surface area contributed by atoms with Crippen LogP contribution in [0.15, 0.2) is 11.5 Å². The van der Waals surface area contributed by atoms with Crippen LogP contribution in [-0.4, -0.2) is 161 Å². The summed E-state index contributed by atoms with van der Waals surface area (Å²) < 4.78 is 36.1. The normalized spacial score (nSPS) is 23.8. The number of sulfone groups is 1. The quantitative estimate of drug-likeness (QED) is 0.0845. The van der Waals surface area contributed by atoms with Gasteiger partial charge in [0, 0.05) is 67.5 Å². The van der Waals surface area contributed by atoms with Gasteiger partial charge < -0.3 is 36.1 Å². The van der Waals surface area contributed by atoms with E-state index in [0.29, 0.717) is 70.4 Å². The number of hydrogen-bond donors (Lipinski definition) is 4. The summed E-state index contributed by atoms with van der Waals surface area (Å²) in [6.45, 7) is 8.67. The van der Waals surface area contributed by atoms with Crippen LogP contribution in [0.1, 0.15) is 64.7 Å². The molecule has 4 aliphatic rings. The number of rotatable bonds is 23. The predicted octanol–water partition coefficient (Wildman–Crippen LogP) is 0.690. The first kappa shape index (κ1) is 42.3. The molecular formula is C35H61N7O8S2. The van der Waals surface area contributed by atoms with Crippen molar-refractivity contribution < 1.29 is 37.1 Å². The minimum absolute atomic E-state index is 0.00733. The van der Waals surface area contributed by atoms with Crippen LogP contribution in [0, 0.1) is 5.92 Å². The highest BCUT2D eigenvalue weighted by Gasteiger charge is 2.42. The number of carbonyl (C=O) groups excluding carboxylic acids is 4. The molecule has 5 N–H and O–H groups in total. The van der Waals surface area contributed by atoms with Crippen LogP contribution in [0.5, 0.6) is 0 Å². The SMILES string of the molecule is C[C@H](/C=C\S(=O)(=O)CCCCCN1CCN(C(=O)COCCOCCNC(=O)CCCC[C@@H]2SC[C@@H]3NC(=O)N[C@@H]32)CC1)N1CCC(C(N)=O)CC1. The summed E-state index contributed by atoms with van der Waals surface area (Å²) >= 11 is 1.89. The molecule has 4 saturated heterocycles. The monoisotopic (exact) mass is 771 g/mol. The Kier molecular flexibility index (Phi) is 17.9. The van der Waals surface area contributed by atoms with E-state index in [9.17, 15) is 27.6 Å². The van der Waals surface area contributed by atoms with E-state index in [1.807, 2.05) is 23.6 Å². The summed E-state index contributed by atoms with van der Waals surface area (Å²) in [7, 11) is -3.27. The van der Waals surface area contributed by atoms with E-state index in [2.05, 4.69) is 25.8 Å². The molecule has 4 atom stereocenters. The van der Waals surface area contributed by atoms with Gasteiger partial charge in [0.1, 0.15) is 6.61 Å². The van der Waals surface area contributed by atoms with E-state index in [1.165, 1.54) is 5.41 Å². The Hall–Kier alpha value is -2.44. The van der Waals surface area contributed by atoms with E-state index < -0.39 is 9.84 Å². The van der Waals surface area contributed by atoms with E-state index >= 15 is 0 Å². The highest BCUT2D eigenvalue weighted by atomic mass is 32.2. The van der Waals surface area contributed by atoms with Crippen LogP contribution in [-0.2, 0) is 33.7 Å². The Morgan fingerprint density at radius 1 is 0.981 bits per heavy atom. The Balaban J connectivity index is 0.919. The zero-order chi connectivity index (χ0) is 37.3. The minimum Gasteiger partial charge on any atom is -0.377 e. The third-order valence-electron chi connectivity index (χ3n) is 10.4.